The van der Waals surface area contributed by atoms with E-state index in [0.29, 0.717) is 12.4 Å². The van der Waals surface area contributed by atoms with Gasteiger partial charge in [0.2, 0.25) is 0 Å². The standard InChI is InChI=1S/C16H15N3O/c17-19-16-10-12(8-9-18-16)11-20-15-7-3-5-13-4-1-2-6-14(13)15/h1-10H,11,17H2,(H,18,19). The molecular formula is C16H15N3O. The lowest BCUT2D eigenvalue weighted by Gasteiger charge is -2.10. The molecule has 0 unspecified atom stereocenters. The summed E-state index contributed by atoms with van der Waals surface area (Å²) >= 11 is 0. The molecule has 0 saturated carbocycles. The third-order valence-corrected chi connectivity index (χ3v) is 3.12. The van der Waals surface area contributed by atoms with Gasteiger partial charge in [-0.05, 0) is 29.1 Å². The van der Waals surface area contributed by atoms with Gasteiger partial charge < -0.3 is 10.2 Å². The Kier molecular flexibility index (Phi) is 3.48. The molecule has 20 heavy (non-hydrogen) atoms. The predicted octanol–water partition coefficient (Wildman–Crippen LogP) is 3.10. The molecule has 0 saturated heterocycles. The number of nitrogen functional groups attached to an aromatic ring is 1. The van der Waals surface area contributed by atoms with Gasteiger partial charge in [0.05, 0.1) is 0 Å². The first-order chi connectivity index (χ1) is 9.86. The Balaban J connectivity index is 1.83. The molecule has 0 radical (unpaired) electrons. The normalized spacial score (nSPS) is 10.4. The van der Waals surface area contributed by atoms with Gasteiger partial charge in [-0.25, -0.2) is 10.8 Å². The number of hydrazine groups is 1. The lowest BCUT2D eigenvalue weighted by Crippen LogP contribution is -2.09. The average molecular weight is 265 g/mol. The Morgan fingerprint density at radius 1 is 1.05 bits per heavy atom. The monoisotopic (exact) mass is 265 g/mol. The highest BCUT2D eigenvalue weighted by molar-refractivity contribution is 5.88. The number of benzene rings is 2. The number of pyridine rings is 1. The Labute approximate surface area is 117 Å². The largest absolute Gasteiger partial charge is 0.488 e. The zero-order chi connectivity index (χ0) is 13.8. The van der Waals surface area contributed by atoms with Crippen LogP contribution in [0, 0.1) is 0 Å². The zero-order valence-electron chi connectivity index (χ0n) is 10.9. The predicted molar refractivity (Wildman–Crippen MR) is 80.3 cm³/mol. The van der Waals surface area contributed by atoms with Crippen molar-refractivity contribution in [2.75, 3.05) is 5.43 Å². The lowest BCUT2D eigenvalue weighted by atomic mass is 10.1. The first-order valence-corrected chi connectivity index (χ1v) is 6.39. The van der Waals surface area contributed by atoms with E-state index >= 15 is 0 Å². The minimum atomic E-state index is 0.477. The number of aromatic nitrogens is 1. The smallest absolute Gasteiger partial charge is 0.140 e. The second-order valence-electron chi connectivity index (χ2n) is 4.46. The molecule has 3 rings (SSSR count). The molecule has 0 fully saturated rings. The van der Waals surface area contributed by atoms with Crippen molar-refractivity contribution in [1.82, 2.24) is 4.98 Å². The van der Waals surface area contributed by atoms with Gasteiger partial charge in [-0.2, -0.15) is 0 Å². The van der Waals surface area contributed by atoms with Crippen molar-refractivity contribution in [1.29, 1.82) is 0 Å². The molecule has 3 aromatic rings. The minimum Gasteiger partial charge on any atom is -0.488 e. The third kappa shape index (κ3) is 2.55. The van der Waals surface area contributed by atoms with Gasteiger partial charge in [0.1, 0.15) is 18.2 Å². The van der Waals surface area contributed by atoms with Crippen molar-refractivity contribution in [2.24, 2.45) is 5.84 Å². The first-order valence-electron chi connectivity index (χ1n) is 6.39. The highest BCUT2D eigenvalue weighted by Crippen LogP contribution is 2.25. The molecule has 0 spiro atoms. The van der Waals surface area contributed by atoms with Crippen LogP contribution in [0.15, 0.2) is 60.8 Å². The van der Waals surface area contributed by atoms with Crippen LogP contribution in [0.3, 0.4) is 0 Å². The average Bonchev–Trinajstić information content (AvgIpc) is 2.53. The summed E-state index contributed by atoms with van der Waals surface area (Å²) in [4.78, 5) is 4.07. The van der Waals surface area contributed by atoms with Gasteiger partial charge in [0.15, 0.2) is 0 Å². The number of hydrogen-bond donors (Lipinski definition) is 2. The van der Waals surface area contributed by atoms with Crippen LogP contribution >= 0.6 is 0 Å². The summed E-state index contributed by atoms with van der Waals surface area (Å²) in [6.07, 6.45) is 1.71. The highest BCUT2D eigenvalue weighted by Gasteiger charge is 2.02. The van der Waals surface area contributed by atoms with E-state index < -0.39 is 0 Å². The van der Waals surface area contributed by atoms with Gasteiger partial charge in [-0.3, -0.25) is 0 Å². The molecule has 2 aromatic carbocycles. The fourth-order valence-corrected chi connectivity index (χ4v) is 2.13. The van der Waals surface area contributed by atoms with Gasteiger partial charge in [-0.1, -0.05) is 36.4 Å². The second kappa shape index (κ2) is 5.59. The van der Waals surface area contributed by atoms with Crippen LogP contribution in [0.1, 0.15) is 5.56 Å². The Morgan fingerprint density at radius 2 is 1.90 bits per heavy atom. The SMILES string of the molecule is NNc1cc(COc2cccc3ccccc23)ccn1. The van der Waals surface area contributed by atoms with E-state index in [1.165, 1.54) is 5.39 Å². The fourth-order valence-electron chi connectivity index (χ4n) is 2.13. The number of nitrogens with zero attached hydrogens (tertiary/aromatic N) is 1. The molecule has 1 aromatic heterocycles. The maximum Gasteiger partial charge on any atom is 0.140 e. The lowest BCUT2D eigenvalue weighted by molar-refractivity contribution is 0.310. The topological polar surface area (TPSA) is 60.2 Å². The molecule has 100 valence electrons. The maximum atomic E-state index is 5.91. The molecular weight excluding hydrogens is 250 g/mol. The maximum absolute atomic E-state index is 5.91. The van der Waals surface area contributed by atoms with Crippen LogP contribution in [0.25, 0.3) is 10.8 Å². The van der Waals surface area contributed by atoms with Crippen LogP contribution in [0.4, 0.5) is 5.82 Å². The van der Waals surface area contributed by atoms with Crippen LogP contribution in [0.2, 0.25) is 0 Å². The molecule has 0 aliphatic heterocycles. The van der Waals surface area contributed by atoms with E-state index in [4.69, 9.17) is 10.6 Å². The number of nitrogens with two attached hydrogens (primary N) is 1. The van der Waals surface area contributed by atoms with Crippen molar-refractivity contribution < 1.29 is 4.74 Å². The molecule has 4 nitrogen and oxygen atoms in total. The van der Waals surface area contributed by atoms with Crippen molar-refractivity contribution in [2.45, 2.75) is 6.61 Å². The fraction of sp³-hybridized carbons (Fsp3) is 0.0625. The Hall–Kier alpha value is -2.59. The first kappa shape index (κ1) is 12.4. The van der Waals surface area contributed by atoms with Crippen LogP contribution in [-0.4, -0.2) is 4.98 Å². The minimum absolute atomic E-state index is 0.477. The van der Waals surface area contributed by atoms with E-state index in [1.54, 1.807) is 6.20 Å². The van der Waals surface area contributed by atoms with Gasteiger partial charge in [0, 0.05) is 11.6 Å². The van der Waals surface area contributed by atoms with Gasteiger partial charge in [0.25, 0.3) is 0 Å². The van der Waals surface area contributed by atoms with E-state index in [0.717, 1.165) is 16.7 Å². The summed E-state index contributed by atoms with van der Waals surface area (Å²) in [6, 6.07) is 18.0. The van der Waals surface area contributed by atoms with Crippen molar-refractivity contribution >= 4 is 16.6 Å². The number of ether oxygens (including phenoxy) is 1. The van der Waals surface area contributed by atoms with Gasteiger partial charge in [-0.15, -0.1) is 0 Å². The van der Waals surface area contributed by atoms with Crippen molar-refractivity contribution in [3.63, 3.8) is 0 Å². The zero-order valence-corrected chi connectivity index (χ0v) is 10.9. The molecule has 0 aliphatic rings. The van der Waals surface area contributed by atoms with Crippen LogP contribution < -0.4 is 16.0 Å². The number of anilines is 1. The molecule has 0 aliphatic carbocycles. The number of nitrogens with one attached hydrogen (secondary N) is 1. The molecule has 1 heterocycles. The second-order valence-corrected chi connectivity index (χ2v) is 4.46. The summed E-state index contributed by atoms with van der Waals surface area (Å²) in [7, 11) is 0. The Bertz CT molecular complexity index is 722. The summed E-state index contributed by atoms with van der Waals surface area (Å²) < 4.78 is 5.91. The van der Waals surface area contributed by atoms with Crippen LogP contribution in [-0.2, 0) is 6.61 Å². The molecule has 4 heteroatoms. The highest BCUT2D eigenvalue weighted by atomic mass is 16.5. The van der Waals surface area contributed by atoms with E-state index in [2.05, 4.69) is 28.6 Å². The summed E-state index contributed by atoms with van der Waals surface area (Å²) in [5.41, 5.74) is 3.54. The van der Waals surface area contributed by atoms with Gasteiger partial charge >= 0.3 is 0 Å². The number of hydrogen-bond acceptors (Lipinski definition) is 4. The molecule has 3 N–H and O–H groups in total. The van der Waals surface area contributed by atoms with E-state index in [1.807, 2.05) is 36.4 Å². The summed E-state index contributed by atoms with van der Waals surface area (Å²) in [5, 5.41) is 2.28. The quantitative estimate of drug-likeness (QED) is 0.562. The third-order valence-electron chi connectivity index (χ3n) is 3.12. The van der Waals surface area contributed by atoms with Crippen molar-refractivity contribution in [3.8, 4) is 5.75 Å². The molecule has 0 amide bonds. The summed E-state index contributed by atoms with van der Waals surface area (Å²) in [5.74, 6) is 6.85. The Morgan fingerprint density at radius 3 is 2.80 bits per heavy atom. The number of fused-ring (bicyclic) bond motifs is 1. The van der Waals surface area contributed by atoms with Crippen molar-refractivity contribution in [3.05, 3.63) is 66.4 Å². The van der Waals surface area contributed by atoms with E-state index in [-0.39, 0.29) is 0 Å². The van der Waals surface area contributed by atoms with Crippen LogP contribution in [0.5, 0.6) is 5.75 Å². The summed E-state index contributed by atoms with van der Waals surface area (Å²) in [6.45, 7) is 0.477. The van der Waals surface area contributed by atoms with E-state index in [9.17, 15) is 0 Å². The number of rotatable bonds is 4. The molecule has 0 bridgehead atoms. The molecule has 0 atom stereocenters.